The molecule has 1 N–H and O–H groups in total. The van der Waals surface area contributed by atoms with Crippen molar-refractivity contribution in [2.75, 3.05) is 5.32 Å². The molecule has 0 bridgehead atoms. The van der Waals surface area contributed by atoms with Gasteiger partial charge in [0.05, 0.1) is 16.8 Å². The molecule has 0 aliphatic heterocycles. The van der Waals surface area contributed by atoms with Gasteiger partial charge in [0.25, 0.3) is 5.56 Å². The van der Waals surface area contributed by atoms with E-state index in [9.17, 15) is 9.59 Å². The second-order valence-electron chi connectivity index (χ2n) is 7.56. The van der Waals surface area contributed by atoms with Gasteiger partial charge < -0.3 is 10.1 Å². The number of halogens is 2. The molecule has 0 fully saturated rings. The Morgan fingerprint density at radius 3 is 2.68 bits per heavy atom. The van der Waals surface area contributed by atoms with Crippen molar-refractivity contribution in [2.24, 2.45) is 7.05 Å². The summed E-state index contributed by atoms with van der Waals surface area (Å²) in [6.45, 7) is 3.15. The quantitative estimate of drug-likeness (QED) is 0.574. The van der Waals surface area contributed by atoms with Crippen LogP contribution in [0.3, 0.4) is 0 Å². The SMILES string of the molecule is CC(=O)O[C@H]1Cc2ccccc2[C@H]1Nc1c(C)nc(-c2ccc(Cl)cc2Cl)n(C)c1=O. The fourth-order valence-corrected chi connectivity index (χ4v) is 4.49. The highest BCUT2D eigenvalue weighted by molar-refractivity contribution is 6.36. The molecule has 1 aromatic heterocycles. The van der Waals surface area contributed by atoms with Crippen LogP contribution in [0.4, 0.5) is 5.69 Å². The van der Waals surface area contributed by atoms with E-state index in [1.807, 2.05) is 24.3 Å². The Hall–Kier alpha value is -2.83. The Labute approximate surface area is 189 Å². The number of hydrogen-bond donors (Lipinski definition) is 1. The molecule has 6 nitrogen and oxygen atoms in total. The van der Waals surface area contributed by atoms with Gasteiger partial charge in [0.15, 0.2) is 0 Å². The number of aromatic nitrogens is 2. The summed E-state index contributed by atoms with van der Waals surface area (Å²) in [6, 6.07) is 12.6. The van der Waals surface area contributed by atoms with Gasteiger partial charge in [0, 0.05) is 31.0 Å². The van der Waals surface area contributed by atoms with Crippen LogP contribution in [-0.2, 0) is 23.0 Å². The highest BCUT2D eigenvalue weighted by atomic mass is 35.5. The fourth-order valence-electron chi connectivity index (χ4n) is 3.99. The molecular formula is C23H21Cl2N3O3. The third-order valence-corrected chi connectivity index (χ3v) is 5.99. The zero-order chi connectivity index (χ0) is 22.3. The fraction of sp³-hybridized carbons (Fsp3) is 0.261. The van der Waals surface area contributed by atoms with Crippen LogP contribution in [0.25, 0.3) is 11.4 Å². The van der Waals surface area contributed by atoms with Crippen LogP contribution in [0.1, 0.15) is 29.8 Å². The summed E-state index contributed by atoms with van der Waals surface area (Å²) in [4.78, 5) is 29.6. The Balaban J connectivity index is 1.76. The smallest absolute Gasteiger partial charge is 0.302 e. The Kier molecular flexibility index (Phi) is 5.77. The topological polar surface area (TPSA) is 73.2 Å². The number of nitrogens with one attached hydrogen (secondary N) is 1. The van der Waals surface area contributed by atoms with Crippen LogP contribution in [0, 0.1) is 6.92 Å². The van der Waals surface area contributed by atoms with Gasteiger partial charge in [-0.05, 0) is 36.2 Å². The largest absolute Gasteiger partial charge is 0.460 e. The summed E-state index contributed by atoms with van der Waals surface area (Å²) in [5.41, 5.74) is 3.33. The molecule has 31 heavy (non-hydrogen) atoms. The predicted molar refractivity (Wildman–Crippen MR) is 122 cm³/mol. The maximum atomic E-state index is 13.3. The lowest BCUT2D eigenvalue weighted by molar-refractivity contribution is -0.146. The van der Waals surface area contributed by atoms with Crippen molar-refractivity contribution < 1.29 is 9.53 Å². The number of nitrogens with zero attached hydrogens (tertiary/aromatic N) is 2. The second kappa shape index (κ2) is 8.36. The van der Waals surface area contributed by atoms with E-state index in [0.29, 0.717) is 39.2 Å². The van der Waals surface area contributed by atoms with Crippen molar-refractivity contribution in [1.29, 1.82) is 0 Å². The van der Waals surface area contributed by atoms with Crippen LogP contribution in [0.5, 0.6) is 0 Å². The predicted octanol–water partition coefficient (Wildman–Crippen LogP) is 4.70. The van der Waals surface area contributed by atoms with Crippen molar-refractivity contribution in [3.05, 3.63) is 79.7 Å². The highest BCUT2D eigenvalue weighted by Crippen LogP contribution is 2.36. The van der Waals surface area contributed by atoms with E-state index in [4.69, 9.17) is 27.9 Å². The molecule has 4 rings (SSSR count). The lowest BCUT2D eigenvalue weighted by Crippen LogP contribution is -2.31. The van der Waals surface area contributed by atoms with Gasteiger partial charge in [0.1, 0.15) is 17.6 Å². The normalized spacial score (nSPS) is 17.3. The number of carbonyl (C=O) groups is 1. The molecule has 2 aromatic carbocycles. The minimum Gasteiger partial charge on any atom is -0.460 e. The molecule has 8 heteroatoms. The minimum absolute atomic E-state index is 0.250. The van der Waals surface area contributed by atoms with E-state index < -0.39 is 6.10 Å². The first-order chi connectivity index (χ1) is 14.8. The first-order valence-electron chi connectivity index (χ1n) is 9.81. The van der Waals surface area contributed by atoms with Gasteiger partial charge in [-0.25, -0.2) is 4.98 Å². The van der Waals surface area contributed by atoms with Gasteiger partial charge in [0.2, 0.25) is 0 Å². The molecule has 0 unspecified atom stereocenters. The van der Waals surface area contributed by atoms with Gasteiger partial charge in [-0.3, -0.25) is 14.2 Å². The number of ether oxygens (including phenoxy) is 1. The maximum absolute atomic E-state index is 13.3. The van der Waals surface area contributed by atoms with Crippen molar-refractivity contribution in [2.45, 2.75) is 32.4 Å². The number of hydrogen-bond acceptors (Lipinski definition) is 5. The summed E-state index contributed by atoms with van der Waals surface area (Å²) in [7, 11) is 1.65. The summed E-state index contributed by atoms with van der Waals surface area (Å²) in [5.74, 6) is 0.0816. The van der Waals surface area contributed by atoms with E-state index >= 15 is 0 Å². The molecule has 3 aromatic rings. The van der Waals surface area contributed by atoms with Gasteiger partial charge >= 0.3 is 5.97 Å². The number of aryl methyl sites for hydroxylation is 1. The molecule has 0 amide bonds. The summed E-state index contributed by atoms with van der Waals surface area (Å²) in [6.07, 6.45) is 0.169. The number of anilines is 1. The lowest BCUT2D eigenvalue weighted by Gasteiger charge is -2.24. The van der Waals surface area contributed by atoms with Crippen molar-refractivity contribution in [1.82, 2.24) is 9.55 Å². The number of esters is 1. The molecule has 0 spiro atoms. The number of rotatable bonds is 4. The summed E-state index contributed by atoms with van der Waals surface area (Å²) in [5, 5.41) is 4.22. The molecule has 0 radical (unpaired) electrons. The van der Waals surface area contributed by atoms with E-state index in [0.717, 1.165) is 11.1 Å². The van der Waals surface area contributed by atoms with E-state index in [2.05, 4.69) is 10.3 Å². The van der Waals surface area contributed by atoms with E-state index in [-0.39, 0.29) is 17.6 Å². The summed E-state index contributed by atoms with van der Waals surface area (Å²) >= 11 is 12.3. The average Bonchev–Trinajstić information content (AvgIpc) is 3.04. The molecule has 0 saturated carbocycles. The lowest BCUT2D eigenvalue weighted by atomic mass is 10.1. The number of fused-ring (bicyclic) bond motifs is 1. The zero-order valence-corrected chi connectivity index (χ0v) is 18.8. The van der Waals surface area contributed by atoms with Gasteiger partial charge in [-0.2, -0.15) is 0 Å². The molecule has 1 heterocycles. The molecule has 1 aliphatic carbocycles. The van der Waals surface area contributed by atoms with Gasteiger partial charge in [-0.1, -0.05) is 47.5 Å². The molecule has 1 aliphatic rings. The molecule has 160 valence electrons. The number of benzene rings is 2. The molecule has 0 saturated heterocycles. The first-order valence-corrected chi connectivity index (χ1v) is 10.6. The van der Waals surface area contributed by atoms with Crippen LogP contribution in [0.2, 0.25) is 10.0 Å². The van der Waals surface area contributed by atoms with Crippen LogP contribution in [-0.4, -0.2) is 21.6 Å². The van der Waals surface area contributed by atoms with Crippen LogP contribution >= 0.6 is 23.2 Å². The Morgan fingerprint density at radius 1 is 1.23 bits per heavy atom. The van der Waals surface area contributed by atoms with Crippen molar-refractivity contribution in [3.63, 3.8) is 0 Å². The maximum Gasteiger partial charge on any atom is 0.302 e. The number of carbonyl (C=O) groups excluding carboxylic acids is 1. The van der Waals surface area contributed by atoms with Crippen molar-refractivity contribution >= 4 is 34.9 Å². The average molecular weight is 458 g/mol. The van der Waals surface area contributed by atoms with E-state index in [1.54, 1.807) is 32.2 Å². The monoisotopic (exact) mass is 457 g/mol. The van der Waals surface area contributed by atoms with E-state index in [1.165, 1.54) is 11.5 Å². The van der Waals surface area contributed by atoms with Gasteiger partial charge in [-0.15, -0.1) is 0 Å². The second-order valence-corrected chi connectivity index (χ2v) is 8.40. The van der Waals surface area contributed by atoms with Crippen LogP contribution < -0.4 is 10.9 Å². The first kappa shape index (κ1) is 21.4. The Morgan fingerprint density at radius 2 is 1.97 bits per heavy atom. The standard InChI is InChI=1S/C23H21Cl2N3O3/c1-12-20(23(30)28(3)22(26-12)17-9-8-15(24)11-18(17)25)27-21-16-7-5-4-6-14(16)10-19(21)31-13(2)29/h4-9,11,19,21,27H,10H2,1-3H3/t19-,21+/m0/s1. The Bertz CT molecular complexity index is 1240. The van der Waals surface area contributed by atoms with Crippen molar-refractivity contribution in [3.8, 4) is 11.4 Å². The molecule has 2 atom stereocenters. The molecular weight excluding hydrogens is 437 g/mol. The minimum atomic E-state index is -0.413. The zero-order valence-electron chi connectivity index (χ0n) is 17.3. The highest BCUT2D eigenvalue weighted by Gasteiger charge is 2.35. The third kappa shape index (κ3) is 4.05. The summed E-state index contributed by atoms with van der Waals surface area (Å²) < 4.78 is 7.00. The van der Waals surface area contributed by atoms with Crippen LogP contribution in [0.15, 0.2) is 47.3 Å². The third-order valence-electron chi connectivity index (χ3n) is 5.44.